The van der Waals surface area contributed by atoms with E-state index in [9.17, 15) is 5.11 Å². The third kappa shape index (κ3) is 3.49. The Morgan fingerprint density at radius 1 is 1.22 bits per heavy atom. The largest absolute Gasteiger partial charge is 0.387 e. The van der Waals surface area contributed by atoms with Crippen molar-refractivity contribution in [3.8, 4) is 5.95 Å². The van der Waals surface area contributed by atoms with Gasteiger partial charge in [0.15, 0.2) is 0 Å². The fraction of sp³-hybridized carbons (Fsp3) is 0.188. The molecule has 2 N–H and O–H groups in total. The van der Waals surface area contributed by atoms with E-state index in [1.54, 1.807) is 29.9 Å². The van der Waals surface area contributed by atoms with Crippen LogP contribution in [0, 0.1) is 6.92 Å². The van der Waals surface area contributed by atoms with Crippen LogP contribution in [-0.2, 0) is 0 Å². The molecular formula is C16H16ClN5O. The standard InChI is InChI=1S/C16H16ClN5O/c1-10-7-8-22(21-10)16-19-14(11(2)23)9-15(20-16)18-13-6-4-3-5-12(13)17/h3-9,11,23H,1-2H3,(H,18,19,20). The lowest BCUT2D eigenvalue weighted by Gasteiger charge is -2.12. The Balaban J connectivity index is 2.02. The Bertz CT molecular complexity index is 831. The molecule has 0 amide bonds. The van der Waals surface area contributed by atoms with E-state index in [1.807, 2.05) is 31.2 Å². The average molecular weight is 330 g/mol. The summed E-state index contributed by atoms with van der Waals surface area (Å²) in [6.45, 7) is 3.54. The quantitative estimate of drug-likeness (QED) is 0.767. The van der Waals surface area contributed by atoms with Gasteiger partial charge in [0.1, 0.15) is 5.82 Å². The number of halogens is 1. The Morgan fingerprint density at radius 2 is 2.00 bits per heavy atom. The number of anilines is 2. The van der Waals surface area contributed by atoms with Gasteiger partial charge in [-0.2, -0.15) is 10.1 Å². The van der Waals surface area contributed by atoms with Crippen LogP contribution < -0.4 is 5.32 Å². The van der Waals surface area contributed by atoms with Crippen LogP contribution in [0.2, 0.25) is 5.02 Å². The van der Waals surface area contributed by atoms with Gasteiger partial charge in [-0.05, 0) is 32.0 Å². The highest BCUT2D eigenvalue weighted by Crippen LogP contribution is 2.25. The molecule has 0 saturated heterocycles. The third-order valence-corrected chi connectivity index (χ3v) is 3.56. The first-order valence-electron chi connectivity index (χ1n) is 7.14. The van der Waals surface area contributed by atoms with Crippen molar-refractivity contribution in [2.24, 2.45) is 0 Å². The molecule has 0 spiro atoms. The second kappa shape index (κ2) is 6.36. The van der Waals surface area contributed by atoms with Gasteiger partial charge < -0.3 is 10.4 Å². The molecule has 1 atom stereocenters. The number of nitrogens with zero attached hydrogens (tertiary/aromatic N) is 4. The van der Waals surface area contributed by atoms with E-state index >= 15 is 0 Å². The van der Waals surface area contributed by atoms with E-state index in [1.165, 1.54) is 0 Å². The van der Waals surface area contributed by atoms with Crippen LogP contribution in [-0.4, -0.2) is 24.9 Å². The van der Waals surface area contributed by atoms with Crippen molar-refractivity contribution in [3.05, 3.63) is 59.0 Å². The van der Waals surface area contributed by atoms with E-state index < -0.39 is 6.10 Å². The summed E-state index contributed by atoms with van der Waals surface area (Å²) >= 11 is 6.16. The zero-order valence-electron chi connectivity index (χ0n) is 12.7. The van der Waals surface area contributed by atoms with Gasteiger partial charge in [-0.1, -0.05) is 23.7 Å². The predicted molar refractivity (Wildman–Crippen MR) is 89.3 cm³/mol. The summed E-state index contributed by atoms with van der Waals surface area (Å²) in [6, 6.07) is 10.9. The number of benzene rings is 1. The number of hydrogen-bond donors (Lipinski definition) is 2. The molecule has 0 aliphatic rings. The minimum atomic E-state index is -0.722. The number of aryl methyl sites for hydroxylation is 1. The van der Waals surface area contributed by atoms with Gasteiger partial charge in [0.05, 0.1) is 28.2 Å². The van der Waals surface area contributed by atoms with Gasteiger partial charge in [0.2, 0.25) is 0 Å². The van der Waals surface area contributed by atoms with Crippen molar-refractivity contribution < 1.29 is 5.11 Å². The number of nitrogens with one attached hydrogen (secondary N) is 1. The van der Waals surface area contributed by atoms with Gasteiger partial charge in [-0.25, -0.2) is 9.67 Å². The smallest absolute Gasteiger partial charge is 0.252 e. The van der Waals surface area contributed by atoms with Crippen molar-refractivity contribution in [2.75, 3.05) is 5.32 Å². The number of hydrogen-bond acceptors (Lipinski definition) is 5. The molecule has 1 unspecified atom stereocenters. The molecule has 7 heteroatoms. The lowest BCUT2D eigenvalue weighted by Crippen LogP contribution is -2.09. The second-order valence-electron chi connectivity index (χ2n) is 5.16. The first-order chi connectivity index (χ1) is 11.0. The molecule has 0 radical (unpaired) electrons. The summed E-state index contributed by atoms with van der Waals surface area (Å²) in [4.78, 5) is 8.79. The Morgan fingerprint density at radius 3 is 2.65 bits per heavy atom. The highest BCUT2D eigenvalue weighted by Gasteiger charge is 2.12. The summed E-state index contributed by atoms with van der Waals surface area (Å²) in [5.74, 6) is 0.915. The summed E-state index contributed by atoms with van der Waals surface area (Å²) < 4.78 is 1.57. The second-order valence-corrected chi connectivity index (χ2v) is 5.57. The maximum absolute atomic E-state index is 9.87. The normalized spacial score (nSPS) is 12.2. The summed E-state index contributed by atoms with van der Waals surface area (Å²) in [5, 5.41) is 17.9. The summed E-state index contributed by atoms with van der Waals surface area (Å²) in [7, 11) is 0. The van der Waals surface area contributed by atoms with E-state index in [0.29, 0.717) is 22.5 Å². The predicted octanol–water partition coefficient (Wildman–Crippen LogP) is 3.42. The van der Waals surface area contributed by atoms with Crippen LogP contribution >= 0.6 is 11.6 Å². The van der Waals surface area contributed by atoms with Crippen molar-refractivity contribution in [3.63, 3.8) is 0 Å². The number of rotatable bonds is 4. The molecule has 6 nitrogen and oxygen atoms in total. The number of aliphatic hydroxyl groups is 1. The number of para-hydroxylation sites is 1. The maximum atomic E-state index is 9.87. The molecule has 2 aromatic heterocycles. The van der Waals surface area contributed by atoms with Crippen molar-refractivity contribution in [1.29, 1.82) is 0 Å². The molecule has 0 saturated carbocycles. The highest BCUT2D eigenvalue weighted by atomic mass is 35.5. The summed E-state index contributed by atoms with van der Waals surface area (Å²) in [6.07, 6.45) is 1.05. The van der Waals surface area contributed by atoms with Crippen LogP contribution in [0.15, 0.2) is 42.6 Å². The zero-order valence-corrected chi connectivity index (χ0v) is 13.5. The van der Waals surface area contributed by atoms with Crippen LogP contribution in [0.4, 0.5) is 11.5 Å². The highest BCUT2D eigenvalue weighted by molar-refractivity contribution is 6.33. The van der Waals surface area contributed by atoms with Crippen LogP contribution in [0.5, 0.6) is 0 Å². The molecule has 23 heavy (non-hydrogen) atoms. The first kappa shape index (κ1) is 15.5. The minimum Gasteiger partial charge on any atom is -0.387 e. The van der Waals surface area contributed by atoms with Crippen molar-refractivity contribution >= 4 is 23.1 Å². The number of aromatic nitrogens is 4. The molecule has 3 aromatic rings. The molecule has 0 aliphatic heterocycles. The topological polar surface area (TPSA) is 75.9 Å². The van der Waals surface area contributed by atoms with Crippen LogP contribution in [0.1, 0.15) is 24.4 Å². The van der Waals surface area contributed by atoms with Gasteiger partial charge in [0, 0.05) is 12.3 Å². The van der Waals surface area contributed by atoms with Crippen molar-refractivity contribution in [2.45, 2.75) is 20.0 Å². The average Bonchev–Trinajstić information content (AvgIpc) is 2.96. The van der Waals surface area contributed by atoms with Crippen LogP contribution in [0.3, 0.4) is 0 Å². The molecule has 1 aromatic carbocycles. The molecule has 0 fully saturated rings. The van der Waals surface area contributed by atoms with Crippen LogP contribution in [0.25, 0.3) is 5.95 Å². The monoisotopic (exact) mass is 329 g/mol. The zero-order chi connectivity index (χ0) is 16.4. The van der Waals surface area contributed by atoms with E-state index in [2.05, 4.69) is 20.4 Å². The van der Waals surface area contributed by atoms with E-state index in [0.717, 1.165) is 11.4 Å². The molecule has 0 bridgehead atoms. The lowest BCUT2D eigenvalue weighted by molar-refractivity contribution is 0.194. The van der Waals surface area contributed by atoms with E-state index in [4.69, 9.17) is 11.6 Å². The van der Waals surface area contributed by atoms with Gasteiger partial charge in [-0.3, -0.25) is 0 Å². The molecule has 3 rings (SSSR count). The van der Waals surface area contributed by atoms with E-state index in [-0.39, 0.29) is 0 Å². The SMILES string of the molecule is Cc1ccn(-c2nc(Nc3ccccc3Cl)cc(C(C)O)n2)n1. The van der Waals surface area contributed by atoms with Gasteiger partial charge in [0.25, 0.3) is 5.95 Å². The Kier molecular flexibility index (Phi) is 4.27. The first-order valence-corrected chi connectivity index (χ1v) is 7.52. The van der Waals surface area contributed by atoms with Gasteiger partial charge >= 0.3 is 0 Å². The minimum absolute atomic E-state index is 0.381. The molecule has 0 aliphatic carbocycles. The van der Waals surface area contributed by atoms with Gasteiger partial charge in [-0.15, -0.1) is 0 Å². The molecule has 118 valence electrons. The lowest BCUT2D eigenvalue weighted by atomic mass is 10.2. The van der Waals surface area contributed by atoms with Crippen molar-refractivity contribution in [1.82, 2.24) is 19.7 Å². The molecule has 2 heterocycles. The fourth-order valence-corrected chi connectivity index (χ4v) is 2.24. The number of aliphatic hydroxyl groups excluding tert-OH is 1. The third-order valence-electron chi connectivity index (χ3n) is 3.23. The Hall–Kier alpha value is -2.44. The molecular weight excluding hydrogens is 314 g/mol. The fourth-order valence-electron chi connectivity index (χ4n) is 2.06. The Labute approximate surface area is 138 Å². The maximum Gasteiger partial charge on any atom is 0.252 e. The summed E-state index contributed by atoms with van der Waals surface area (Å²) in [5.41, 5.74) is 2.08.